The van der Waals surface area contributed by atoms with E-state index in [4.69, 9.17) is 32.9 Å². The molecule has 0 saturated heterocycles. The Balaban J connectivity index is 1.72. The van der Waals surface area contributed by atoms with Crippen LogP contribution in [0.5, 0.6) is 5.75 Å². The average molecular weight is 626 g/mol. The molecule has 4 aromatic carbocycles. The molecule has 0 aliphatic rings. The highest BCUT2D eigenvalue weighted by Crippen LogP contribution is 2.41. The summed E-state index contributed by atoms with van der Waals surface area (Å²) < 4.78 is 24.4. The Morgan fingerprint density at radius 1 is 0.818 bits per heavy atom. The molecule has 0 radical (unpaired) electrons. The van der Waals surface area contributed by atoms with Gasteiger partial charge in [0.05, 0.1) is 22.3 Å². The Bertz CT molecular complexity index is 1660. The number of aliphatic imine (C=N–C) groups is 1. The first-order valence-electron chi connectivity index (χ1n) is 14.6. The Kier molecular flexibility index (Phi) is 10.0. The van der Waals surface area contributed by atoms with Crippen molar-refractivity contribution in [1.29, 1.82) is 0 Å². The normalized spacial score (nSPS) is 12.9. The molecule has 0 aliphatic carbocycles. The third-order valence-corrected chi connectivity index (χ3v) is 7.66. The van der Waals surface area contributed by atoms with Gasteiger partial charge in [0.2, 0.25) is 0 Å². The van der Waals surface area contributed by atoms with Crippen molar-refractivity contribution < 1.29 is 9.13 Å². The largest absolute Gasteiger partial charge is 0.481 e. The van der Waals surface area contributed by atoms with Crippen molar-refractivity contribution >= 4 is 34.6 Å². The maximum atomic E-state index is 15.3. The topological polar surface area (TPSA) is 26.5 Å². The van der Waals surface area contributed by atoms with Crippen LogP contribution in [0.1, 0.15) is 27.2 Å². The summed E-state index contributed by atoms with van der Waals surface area (Å²) in [7, 11) is 0. The number of aromatic nitrogens is 1. The number of hydrogen-bond acceptors (Lipinski definition) is 2. The minimum absolute atomic E-state index is 0.0678. The van der Waals surface area contributed by atoms with Crippen LogP contribution in [0, 0.1) is 11.2 Å². The van der Waals surface area contributed by atoms with Crippen LogP contribution in [-0.2, 0) is 6.54 Å². The summed E-state index contributed by atoms with van der Waals surface area (Å²) in [5.41, 5.74) is 4.16. The van der Waals surface area contributed by atoms with Gasteiger partial charge in [-0.15, -0.1) is 0 Å². The molecular formula is C38H35Cl2FN2O. The van der Waals surface area contributed by atoms with Crippen LogP contribution >= 0.6 is 23.2 Å². The molecule has 1 atom stereocenters. The van der Waals surface area contributed by atoms with Crippen molar-refractivity contribution in [2.45, 2.75) is 39.8 Å². The lowest BCUT2D eigenvalue weighted by Gasteiger charge is -2.25. The van der Waals surface area contributed by atoms with Crippen molar-refractivity contribution in [3.05, 3.63) is 144 Å². The smallest absolute Gasteiger partial charge is 0.158 e. The van der Waals surface area contributed by atoms with Crippen LogP contribution in [0.4, 0.5) is 10.1 Å². The van der Waals surface area contributed by atoms with Crippen LogP contribution < -0.4 is 4.74 Å². The summed E-state index contributed by atoms with van der Waals surface area (Å²) in [6, 6.07) is 31.8. The zero-order valence-electron chi connectivity index (χ0n) is 25.1. The third kappa shape index (κ3) is 8.07. The molecule has 3 nitrogen and oxygen atoms in total. The van der Waals surface area contributed by atoms with E-state index < -0.39 is 6.10 Å². The zero-order valence-corrected chi connectivity index (χ0v) is 26.6. The highest BCUT2D eigenvalue weighted by molar-refractivity contribution is 6.39. The van der Waals surface area contributed by atoms with E-state index in [2.05, 4.69) is 26.8 Å². The van der Waals surface area contributed by atoms with E-state index in [0.717, 1.165) is 17.5 Å². The molecule has 0 saturated carbocycles. The van der Waals surface area contributed by atoms with Crippen molar-refractivity contribution in [2.24, 2.45) is 10.4 Å². The summed E-state index contributed by atoms with van der Waals surface area (Å²) in [5.74, 6) is 0.210. The molecule has 0 amide bonds. The molecule has 6 heteroatoms. The maximum absolute atomic E-state index is 15.3. The zero-order chi connectivity index (χ0) is 31.1. The number of nitrogens with zero attached hydrogens (tertiary/aromatic N) is 2. The number of benzene rings is 4. The molecular weight excluding hydrogens is 590 g/mol. The monoisotopic (exact) mass is 624 g/mol. The van der Waals surface area contributed by atoms with Crippen molar-refractivity contribution in [3.8, 4) is 28.0 Å². The first-order valence-corrected chi connectivity index (χ1v) is 15.3. The summed E-state index contributed by atoms with van der Waals surface area (Å²) in [5, 5.41) is 0.881. The van der Waals surface area contributed by atoms with Gasteiger partial charge in [-0.3, -0.25) is 0 Å². The summed E-state index contributed by atoms with van der Waals surface area (Å²) in [6.45, 7) is 6.99. The van der Waals surface area contributed by atoms with E-state index in [-0.39, 0.29) is 11.2 Å². The van der Waals surface area contributed by atoms with Crippen LogP contribution in [0.2, 0.25) is 10.0 Å². The Hall–Kier alpha value is -4.12. The second kappa shape index (κ2) is 14.1. The number of halogens is 3. The first-order chi connectivity index (χ1) is 21.2. The molecule has 1 aromatic heterocycles. The van der Waals surface area contributed by atoms with Crippen molar-refractivity contribution in [2.75, 3.05) is 0 Å². The second-order valence-corrected chi connectivity index (χ2v) is 12.6. The molecule has 0 N–H and O–H groups in total. The van der Waals surface area contributed by atoms with E-state index in [1.807, 2.05) is 95.8 Å². The fourth-order valence-electron chi connectivity index (χ4n) is 4.88. The molecule has 44 heavy (non-hydrogen) atoms. The first kappa shape index (κ1) is 31.3. The second-order valence-electron chi connectivity index (χ2n) is 11.8. The van der Waals surface area contributed by atoms with Gasteiger partial charge in [-0.25, -0.2) is 9.38 Å². The van der Waals surface area contributed by atoms with E-state index in [1.54, 1.807) is 18.2 Å². The number of allylic oxidation sites excluding steroid dienone is 1. The molecule has 0 fully saturated rings. The molecule has 0 aliphatic heterocycles. The van der Waals surface area contributed by atoms with E-state index in [9.17, 15) is 0 Å². The van der Waals surface area contributed by atoms with Gasteiger partial charge < -0.3 is 9.30 Å². The van der Waals surface area contributed by atoms with Crippen molar-refractivity contribution in [3.63, 3.8) is 0 Å². The quantitative estimate of drug-likeness (QED) is 0.142. The SMILES string of the molecule is CC(C)(C)C/C=C/C(=Nc1c(Cl)cccc1Cl)C(Cn1cccc1)Oc1c(-c2ccccc2)cc(F)cc1-c1ccccc1. The Labute approximate surface area is 269 Å². The standard InChI is InChI=1S/C38H35Cl2FN2O/c1-38(2,3)21-13-20-34(42-36-32(39)18-12-19-33(36)40)35(26-43-22-10-11-23-43)44-37-30(27-14-6-4-7-15-27)24-29(41)25-31(37)28-16-8-5-9-17-28/h4-20,22-25,35H,21,26H2,1-3H3/b20-13+,42-34?. The molecule has 5 rings (SSSR count). The minimum Gasteiger partial charge on any atom is -0.481 e. The summed E-state index contributed by atoms with van der Waals surface area (Å²) >= 11 is 13.2. The van der Waals surface area contributed by atoms with E-state index in [0.29, 0.717) is 44.9 Å². The highest BCUT2D eigenvalue weighted by Gasteiger charge is 2.24. The molecule has 224 valence electrons. The van der Waals surface area contributed by atoms with Gasteiger partial charge in [-0.1, -0.05) is 117 Å². The van der Waals surface area contributed by atoms with Gasteiger partial charge in [0.1, 0.15) is 17.3 Å². The van der Waals surface area contributed by atoms with Gasteiger partial charge in [-0.2, -0.15) is 0 Å². The number of rotatable bonds is 10. The number of para-hydroxylation sites is 1. The van der Waals surface area contributed by atoms with Crippen molar-refractivity contribution in [1.82, 2.24) is 4.57 Å². The van der Waals surface area contributed by atoms with E-state index in [1.165, 1.54) is 12.1 Å². The van der Waals surface area contributed by atoms with Crippen LogP contribution in [0.3, 0.4) is 0 Å². The lowest BCUT2D eigenvalue weighted by Crippen LogP contribution is -2.31. The fourth-order valence-corrected chi connectivity index (χ4v) is 5.36. The Morgan fingerprint density at radius 2 is 1.36 bits per heavy atom. The van der Waals surface area contributed by atoms with Gasteiger partial charge in [-0.05, 0) is 65.4 Å². The lowest BCUT2D eigenvalue weighted by atomic mass is 9.92. The van der Waals surface area contributed by atoms with Gasteiger partial charge in [0, 0.05) is 23.5 Å². The fraction of sp³-hybridized carbons (Fsp3) is 0.184. The summed E-state index contributed by atoms with van der Waals surface area (Å²) in [6.07, 6.45) is 8.29. The number of ether oxygens (including phenoxy) is 1. The van der Waals surface area contributed by atoms with Crippen LogP contribution in [-0.4, -0.2) is 16.4 Å². The predicted octanol–water partition coefficient (Wildman–Crippen LogP) is 11.5. The van der Waals surface area contributed by atoms with Gasteiger partial charge >= 0.3 is 0 Å². The van der Waals surface area contributed by atoms with Gasteiger partial charge in [0.25, 0.3) is 0 Å². The summed E-state index contributed by atoms with van der Waals surface area (Å²) in [4.78, 5) is 5.03. The average Bonchev–Trinajstić information content (AvgIpc) is 3.52. The number of hydrogen-bond donors (Lipinski definition) is 0. The van der Waals surface area contributed by atoms with Crippen LogP contribution in [0.25, 0.3) is 22.3 Å². The molecule has 5 aromatic rings. The Morgan fingerprint density at radius 3 is 1.89 bits per heavy atom. The van der Waals surface area contributed by atoms with Gasteiger partial charge in [0.15, 0.2) is 6.10 Å². The van der Waals surface area contributed by atoms with E-state index >= 15 is 4.39 Å². The van der Waals surface area contributed by atoms with Crippen LogP contribution in [0.15, 0.2) is 133 Å². The molecule has 1 unspecified atom stereocenters. The lowest BCUT2D eigenvalue weighted by molar-refractivity contribution is 0.247. The maximum Gasteiger partial charge on any atom is 0.158 e. The predicted molar refractivity (Wildman–Crippen MR) is 183 cm³/mol. The minimum atomic E-state index is -0.596. The molecule has 1 heterocycles. The molecule has 0 spiro atoms. The molecule has 0 bridgehead atoms. The highest BCUT2D eigenvalue weighted by atomic mass is 35.5. The third-order valence-electron chi connectivity index (χ3n) is 7.05.